The molecule has 9 nitrogen and oxygen atoms in total. The third-order valence-corrected chi connectivity index (χ3v) is 18.4. The molecule has 5 heterocycles. The zero-order chi connectivity index (χ0) is 46.4. The van der Waals surface area contributed by atoms with Gasteiger partial charge in [-0.2, -0.15) is 0 Å². The standard InChI is InChI=1S/C55H92N4O5.Mg/c1-13-39-35(8)42-28-44-37(10)41(24-25-48(60)64-27-26-34(7)23-17-22-33(6)21-16-20-32(5)19-15-18-31(3)4)52(58-44)50-51(55(62)63-12)54(61)49-38(11)45(59-53(49)50)30-47-40(14-2)36(9)43(57-47)29-46(39)56-42;/h13,26,31-33,35-47,49-53,57-58H,1,14-25,27-30H2,2-12H3;/q-2;+2/t32?,33?,35?,36?,37-,38?,39?,40?,41-,42?,43?,44?,45?,46?,47?,49?,50?,51?,52?,53?;/m0./s1. The largest absolute Gasteiger partial charge is 2.00 e. The molecule has 8 bridgehead atoms. The van der Waals surface area contributed by atoms with Crippen LogP contribution in [0.3, 0.4) is 0 Å². The Labute approximate surface area is 412 Å². The number of hydrogen-bond acceptors (Lipinski definition) is 7. The van der Waals surface area contributed by atoms with Crippen LogP contribution in [0.15, 0.2) is 24.3 Å². The van der Waals surface area contributed by atoms with Crippen molar-refractivity contribution in [1.29, 1.82) is 0 Å². The van der Waals surface area contributed by atoms with Gasteiger partial charge in [0.1, 0.15) is 18.3 Å². The molecule has 65 heavy (non-hydrogen) atoms. The van der Waals surface area contributed by atoms with Crippen LogP contribution in [-0.4, -0.2) is 103 Å². The molecule has 10 heteroatoms. The molecule has 20 atom stereocenters. The van der Waals surface area contributed by atoms with Crippen LogP contribution in [0.2, 0.25) is 0 Å². The van der Waals surface area contributed by atoms with E-state index in [4.69, 9.17) is 20.1 Å². The summed E-state index contributed by atoms with van der Waals surface area (Å²) in [6.45, 7) is 27.8. The van der Waals surface area contributed by atoms with Crippen molar-refractivity contribution in [2.45, 2.75) is 214 Å². The first-order valence-corrected chi connectivity index (χ1v) is 26.5. The SMILES string of the molecule is C=CC1C2CC3NC(CC4[N-]C5C(C(=O)C(C(=O)OC)C5C5NC(CC([N-]2)C1C)[C@@H](C)[C@@H]5CCC(=O)OCC=C(C)CCCC(C)CCCC(C)CCCC(C)C)C4C)C(CC)C3C.[Mg+2]. The summed E-state index contributed by atoms with van der Waals surface area (Å²) in [6.07, 6.45) is 20.6. The van der Waals surface area contributed by atoms with Gasteiger partial charge in [0.05, 0.1) is 7.11 Å². The third-order valence-electron chi connectivity index (χ3n) is 18.4. The van der Waals surface area contributed by atoms with Crippen LogP contribution in [-0.2, 0) is 23.9 Å². The van der Waals surface area contributed by atoms with Crippen LogP contribution in [0.5, 0.6) is 0 Å². The van der Waals surface area contributed by atoms with Gasteiger partial charge in [-0.1, -0.05) is 156 Å². The predicted molar refractivity (Wildman–Crippen MR) is 267 cm³/mol. The first-order valence-electron chi connectivity index (χ1n) is 26.5. The zero-order valence-corrected chi connectivity index (χ0v) is 44.4. The van der Waals surface area contributed by atoms with E-state index in [0.717, 1.165) is 49.9 Å². The van der Waals surface area contributed by atoms with Crippen molar-refractivity contribution in [3.8, 4) is 0 Å². The normalized spacial score (nSPS) is 39.9. The van der Waals surface area contributed by atoms with Crippen molar-refractivity contribution in [3.63, 3.8) is 0 Å². The van der Waals surface area contributed by atoms with Crippen LogP contribution in [0.1, 0.15) is 166 Å². The maximum Gasteiger partial charge on any atom is 2.00 e. The average molecular weight is 914 g/mol. The van der Waals surface area contributed by atoms with E-state index < -0.39 is 11.9 Å². The quantitative estimate of drug-likeness (QED) is 0.0540. The summed E-state index contributed by atoms with van der Waals surface area (Å²) < 4.78 is 11.3. The molecule has 6 aliphatic rings. The van der Waals surface area contributed by atoms with Gasteiger partial charge in [0.15, 0.2) is 0 Å². The molecule has 0 radical (unpaired) electrons. The number of carbonyl (C=O) groups excluding carboxylic acids is 3. The van der Waals surface area contributed by atoms with E-state index in [9.17, 15) is 14.4 Å². The maximum atomic E-state index is 14.6. The summed E-state index contributed by atoms with van der Waals surface area (Å²) in [6, 6.07) is 0.835. The summed E-state index contributed by atoms with van der Waals surface area (Å²) >= 11 is 0. The Morgan fingerprint density at radius 2 is 1.38 bits per heavy atom. The van der Waals surface area contributed by atoms with Crippen LogP contribution in [0, 0.1) is 76.9 Å². The topological polar surface area (TPSA) is 122 Å². The molecule has 0 spiro atoms. The summed E-state index contributed by atoms with van der Waals surface area (Å²) in [4.78, 5) is 41.8. The molecule has 0 aromatic carbocycles. The number of allylic oxidation sites excluding steroid dienone is 1. The number of fused-ring (bicyclic) bond motifs is 8. The first-order chi connectivity index (χ1) is 30.6. The molecule has 6 rings (SSSR count). The molecule has 18 unspecified atom stereocenters. The van der Waals surface area contributed by atoms with Gasteiger partial charge < -0.3 is 30.7 Å². The summed E-state index contributed by atoms with van der Waals surface area (Å²) in [5, 5.41) is 19.4. The van der Waals surface area contributed by atoms with Crippen molar-refractivity contribution >= 4 is 40.8 Å². The van der Waals surface area contributed by atoms with Gasteiger partial charge in [0.2, 0.25) is 0 Å². The molecule has 5 aliphatic heterocycles. The molecule has 364 valence electrons. The first kappa shape index (κ1) is 54.6. The minimum atomic E-state index is -0.866. The number of methoxy groups -OCH3 is 1. The van der Waals surface area contributed by atoms with Crippen molar-refractivity contribution in [3.05, 3.63) is 34.9 Å². The van der Waals surface area contributed by atoms with Crippen molar-refractivity contribution in [2.24, 2.45) is 76.9 Å². The number of Topliss-reactive ketones (excluding diaryl/α,β-unsaturated/α-hetero) is 1. The molecule has 0 amide bonds. The van der Waals surface area contributed by atoms with E-state index in [0.29, 0.717) is 55.2 Å². The monoisotopic (exact) mass is 913 g/mol. The molecule has 0 aromatic heterocycles. The Morgan fingerprint density at radius 3 is 2.03 bits per heavy atom. The van der Waals surface area contributed by atoms with Crippen LogP contribution in [0.4, 0.5) is 0 Å². The van der Waals surface area contributed by atoms with Crippen LogP contribution in [0.25, 0.3) is 10.6 Å². The number of carbonyl (C=O) groups is 3. The maximum absolute atomic E-state index is 14.6. The number of nitrogens with zero attached hydrogens (tertiary/aromatic N) is 2. The second-order valence-corrected chi connectivity index (χ2v) is 23.0. The van der Waals surface area contributed by atoms with Crippen LogP contribution >= 0.6 is 0 Å². The fourth-order valence-corrected chi connectivity index (χ4v) is 14.3. The molecule has 2 N–H and O–H groups in total. The minimum absolute atomic E-state index is 0. The molecule has 6 fully saturated rings. The number of hydrogen-bond donors (Lipinski definition) is 2. The van der Waals surface area contributed by atoms with E-state index in [-0.39, 0.29) is 101 Å². The number of ether oxygens (including phenoxy) is 2. The molecule has 0 aromatic rings. The van der Waals surface area contributed by atoms with Crippen molar-refractivity contribution < 1.29 is 23.9 Å². The number of rotatable bonds is 20. The summed E-state index contributed by atoms with van der Waals surface area (Å²) in [7, 11) is 1.41. The fourth-order valence-electron chi connectivity index (χ4n) is 14.3. The summed E-state index contributed by atoms with van der Waals surface area (Å²) in [5.74, 6) is 2.30. The fraction of sp³-hybridized carbons (Fsp3) is 0.873. The minimum Gasteiger partial charge on any atom is -0.656 e. The van der Waals surface area contributed by atoms with Crippen LogP contribution < -0.4 is 10.6 Å². The van der Waals surface area contributed by atoms with Gasteiger partial charge in [-0.3, -0.25) is 14.4 Å². The van der Waals surface area contributed by atoms with Gasteiger partial charge in [0, 0.05) is 36.5 Å². The molecular formula is C55H92MgN4O5. The molecular weight excluding hydrogens is 821 g/mol. The van der Waals surface area contributed by atoms with E-state index in [2.05, 4.69) is 98.6 Å². The molecule has 1 saturated carbocycles. The Kier molecular flexibility index (Phi) is 21.0. The summed E-state index contributed by atoms with van der Waals surface area (Å²) in [5.41, 5.74) is 1.28. The van der Waals surface area contributed by atoms with Gasteiger partial charge in [-0.25, -0.2) is 0 Å². The zero-order valence-electron chi connectivity index (χ0n) is 42.9. The Hall–Kier alpha value is -1.30. The van der Waals surface area contributed by atoms with E-state index in [1.807, 2.05) is 0 Å². The van der Waals surface area contributed by atoms with E-state index in [1.165, 1.54) is 64.0 Å². The third kappa shape index (κ3) is 12.9. The van der Waals surface area contributed by atoms with Gasteiger partial charge in [-0.05, 0) is 85.5 Å². The van der Waals surface area contributed by atoms with Crippen molar-refractivity contribution in [1.82, 2.24) is 10.6 Å². The van der Waals surface area contributed by atoms with Gasteiger partial charge >= 0.3 is 35.0 Å². The van der Waals surface area contributed by atoms with Gasteiger partial charge in [0.25, 0.3) is 0 Å². The smallest absolute Gasteiger partial charge is 0.656 e. The number of esters is 2. The Morgan fingerprint density at radius 1 is 0.785 bits per heavy atom. The van der Waals surface area contributed by atoms with Gasteiger partial charge in [-0.15, -0.1) is 30.7 Å². The van der Waals surface area contributed by atoms with E-state index >= 15 is 0 Å². The number of nitrogens with one attached hydrogen (secondary N) is 2. The molecule has 1 aliphatic carbocycles. The molecule has 5 saturated heterocycles. The second kappa shape index (κ2) is 25.0. The predicted octanol–water partition coefficient (Wildman–Crippen LogP) is 11.0. The second-order valence-electron chi connectivity index (χ2n) is 23.0. The number of ketones is 1. The van der Waals surface area contributed by atoms with Crippen molar-refractivity contribution in [2.75, 3.05) is 13.7 Å². The van der Waals surface area contributed by atoms with E-state index in [1.54, 1.807) is 0 Å². The Bertz CT molecular complexity index is 1590. The average Bonchev–Trinajstić information content (AvgIpc) is 3.99. The Balaban J connectivity index is 0.00000793.